The van der Waals surface area contributed by atoms with Crippen LogP contribution in [-0.4, -0.2) is 28.8 Å². The summed E-state index contributed by atoms with van der Waals surface area (Å²) >= 11 is 0. The van der Waals surface area contributed by atoms with E-state index < -0.39 is 10.8 Å². The van der Waals surface area contributed by atoms with Gasteiger partial charge in [0.25, 0.3) is 0 Å². The maximum Gasteiger partial charge on any atom is 0.0357 e. The predicted octanol–water partition coefficient (Wildman–Crippen LogP) is 1.92. The van der Waals surface area contributed by atoms with Crippen molar-refractivity contribution in [3.05, 3.63) is 0 Å². The minimum Gasteiger partial charge on any atom is -0.313 e. The number of nitrogens with one attached hydrogen (secondary N) is 1. The summed E-state index contributed by atoms with van der Waals surface area (Å²) in [7, 11) is -0.648. The van der Waals surface area contributed by atoms with Crippen molar-refractivity contribution >= 4 is 10.8 Å². The van der Waals surface area contributed by atoms with Gasteiger partial charge in [-0.2, -0.15) is 0 Å². The maximum absolute atomic E-state index is 10.9. The van der Waals surface area contributed by atoms with Crippen molar-refractivity contribution in [3.8, 4) is 0 Å². The van der Waals surface area contributed by atoms with E-state index in [4.69, 9.17) is 0 Å². The van der Waals surface area contributed by atoms with E-state index in [0.717, 1.165) is 12.3 Å². The monoisotopic (exact) mass is 217 g/mol. The summed E-state index contributed by atoms with van der Waals surface area (Å²) in [4.78, 5) is 0. The zero-order valence-electron chi connectivity index (χ0n) is 9.64. The van der Waals surface area contributed by atoms with E-state index in [1.54, 1.807) is 6.26 Å². The van der Waals surface area contributed by atoms with Crippen LogP contribution in [-0.2, 0) is 10.8 Å². The highest BCUT2D eigenvalue weighted by Gasteiger charge is 2.26. The molecule has 1 aliphatic carbocycles. The van der Waals surface area contributed by atoms with Crippen molar-refractivity contribution in [3.63, 3.8) is 0 Å². The molecule has 1 saturated carbocycles. The van der Waals surface area contributed by atoms with Crippen LogP contribution >= 0.6 is 0 Å². The Morgan fingerprint density at radius 2 is 1.93 bits per heavy atom. The van der Waals surface area contributed by atoms with E-state index in [2.05, 4.69) is 19.2 Å². The Labute approximate surface area is 90.3 Å². The first-order valence-electron chi connectivity index (χ1n) is 5.53. The second kappa shape index (κ2) is 5.26. The average Bonchev–Trinajstić information content (AvgIpc) is 2.07. The Morgan fingerprint density at radius 3 is 2.43 bits per heavy atom. The minimum atomic E-state index is -0.648. The topological polar surface area (TPSA) is 29.1 Å². The fourth-order valence-corrected chi connectivity index (χ4v) is 2.42. The van der Waals surface area contributed by atoms with Gasteiger partial charge in [0.1, 0.15) is 0 Å². The van der Waals surface area contributed by atoms with Crippen LogP contribution in [0.2, 0.25) is 0 Å². The molecule has 0 radical (unpaired) electrons. The molecule has 1 N–H and O–H groups in total. The molecule has 0 amide bonds. The fraction of sp³-hybridized carbons (Fsp3) is 1.00. The molecule has 14 heavy (non-hydrogen) atoms. The third-order valence-corrected chi connectivity index (χ3v) is 3.94. The highest BCUT2D eigenvalue weighted by atomic mass is 32.2. The average molecular weight is 217 g/mol. The van der Waals surface area contributed by atoms with Crippen LogP contribution in [0, 0.1) is 5.41 Å². The maximum atomic E-state index is 10.9. The molecule has 1 unspecified atom stereocenters. The van der Waals surface area contributed by atoms with Gasteiger partial charge in [-0.3, -0.25) is 4.21 Å². The first-order chi connectivity index (χ1) is 6.49. The van der Waals surface area contributed by atoms with E-state index in [0.29, 0.717) is 11.5 Å². The fourth-order valence-electron chi connectivity index (χ4n) is 2.01. The normalized spacial score (nSPS) is 24.8. The molecular formula is C11H23NOS. The van der Waals surface area contributed by atoms with Gasteiger partial charge in [-0.05, 0) is 31.1 Å². The third-order valence-electron chi connectivity index (χ3n) is 3.16. The Bertz CT molecular complexity index is 193. The second-order valence-electron chi connectivity index (χ2n) is 5.17. The zero-order chi connectivity index (χ0) is 10.6. The molecule has 3 heteroatoms. The molecule has 0 aromatic carbocycles. The van der Waals surface area contributed by atoms with Crippen LogP contribution in [0.1, 0.15) is 39.5 Å². The van der Waals surface area contributed by atoms with Crippen molar-refractivity contribution < 1.29 is 4.21 Å². The van der Waals surface area contributed by atoms with Crippen LogP contribution in [0.15, 0.2) is 0 Å². The molecular weight excluding hydrogens is 194 g/mol. The van der Waals surface area contributed by atoms with Gasteiger partial charge in [0, 0.05) is 35.4 Å². The summed E-state index contributed by atoms with van der Waals surface area (Å²) in [6.45, 7) is 5.61. The molecule has 0 spiro atoms. The van der Waals surface area contributed by atoms with Gasteiger partial charge in [0.05, 0.1) is 0 Å². The van der Waals surface area contributed by atoms with Gasteiger partial charge in [-0.25, -0.2) is 0 Å². The molecule has 1 rings (SSSR count). The molecule has 0 aromatic heterocycles. The van der Waals surface area contributed by atoms with E-state index in [1.165, 1.54) is 25.7 Å². The van der Waals surface area contributed by atoms with Crippen LogP contribution < -0.4 is 5.32 Å². The van der Waals surface area contributed by atoms with Crippen molar-refractivity contribution in [1.29, 1.82) is 0 Å². The Balaban J connectivity index is 2.13. The molecule has 0 aromatic rings. The number of hydrogen-bond acceptors (Lipinski definition) is 2. The first-order valence-corrected chi connectivity index (χ1v) is 7.26. The zero-order valence-corrected chi connectivity index (χ0v) is 10.5. The van der Waals surface area contributed by atoms with Crippen LogP contribution in [0.4, 0.5) is 0 Å². The van der Waals surface area contributed by atoms with E-state index in [1.807, 2.05) is 0 Å². The standard InChI is InChI=1S/C11H23NOS/c1-11(2)6-4-10(5-7-11)12-8-9-14(3)13/h10,12H,4-9H2,1-3H3. The molecule has 1 atom stereocenters. The van der Waals surface area contributed by atoms with Crippen LogP contribution in [0.25, 0.3) is 0 Å². The van der Waals surface area contributed by atoms with E-state index in [9.17, 15) is 4.21 Å². The molecule has 1 fully saturated rings. The highest BCUT2D eigenvalue weighted by molar-refractivity contribution is 7.84. The smallest absolute Gasteiger partial charge is 0.0357 e. The van der Waals surface area contributed by atoms with Gasteiger partial charge in [0.2, 0.25) is 0 Å². The van der Waals surface area contributed by atoms with Crippen LogP contribution in [0.5, 0.6) is 0 Å². The van der Waals surface area contributed by atoms with Crippen LogP contribution in [0.3, 0.4) is 0 Å². The lowest BCUT2D eigenvalue weighted by Crippen LogP contribution is -2.37. The molecule has 1 aliphatic rings. The Morgan fingerprint density at radius 1 is 1.36 bits per heavy atom. The highest BCUT2D eigenvalue weighted by Crippen LogP contribution is 2.34. The predicted molar refractivity (Wildman–Crippen MR) is 63.0 cm³/mol. The van der Waals surface area contributed by atoms with Crippen molar-refractivity contribution in [2.75, 3.05) is 18.6 Å². The number of rotatable bonds is 4. The Hall–Kier alpha value is 0.110. The van der Waals surface area contributed by atoms with Gasteiger partial charge in [-0.15, -0.1) is 0 Å². The van der Waals surface area contributed by atoms with Gasteiger partial charge in [-0.1, -0.05) is 13.8 Å². The Kier molecular flexibility index (Phi) is 4.58. The molecule has 0 saturated heterocycles. The third kappa shape index (κ3) is 4.56. The summed E-state index contributed by atoms with van der Waals surface area (Å²) in [6.07, 6.45) is 6.97. The lowest BCUT2D eigenvalue weighted by atomic mass is 9.75. The largest absolute Gasteiger partial charge is 0.313 e. The lowest BCUT2D eigenvalue weighted by Gasteiger charge is -2.34. The molecule has 0 aliphatic heterocycles. The first kappa shape index (κ1) is 12.2. The summed E-state index contributed by atoms with van der Waals surface area (Å²) in [5.41, 5.74) is 0.547. The van der Waals surface area contributed by atoms with E-state index in [-0.39, 0.29) is 0 Å². The van der Waals surface area contributed by atoms with Crippen molar-refractivity contribution in [2.24, 2.45) is 5.41 Å². The summed E-state index contributed by atoms with van der Waals surface area (Å²) in [6, 6.07) is 0.673. The lowest BCUT2D eigenvalue weighted by molar-refractivity contribution is 0.208. The molecule has 0 bridgehead atoms. The molecule has 84 valence electrons. The van der Waals surface area contributed by atoms with E-state index >= 15 is 0 Å². The minimum absolute atomic E-state index is 0.547. The summed E-state index contributed by atoms with van der Waals surface area (Å²) in [5.74, 6) is 0.792. The van der Waals surface area contributed by atoms with Crippen molar-refractivity contribution in [1.82, 2.24) is 5.32 Å². The second-order valence-corrected chi connectivity index (χ2v) is 6.72. The van der Waals surface area contributed by atoms with Gasteiger partial charge in [0.15, 0.2) is 0 Å². The molecule has 2 nitrogen and oxygen atoms in total. The number of hydrogen-bond donors (Lipinski definition) is 1. The van der Waals surface area contributed by atoms with Gasteiger partial charge < -0.3 is 5.32 Å². The molecule has 0 heterocycles. The summed E-state index contributed by atoms with van der Waals surface area (Å²) in [5, 5.41) is 3.50. The quantitative estimate of drug-likeness (QED) is 0.779. The SMILES string of the molecule is CS(=O)CCNC1CCC(C)(C)CC1. The van der Waals surface area contributed by atoms with Gasteiger partial charge >= 0.3 is 0 Å². The summed E-state index contributed by atoms with van der Waals surface area (Å²) < 4.78 is 10.9. The van der Waals surface area contributed by atoms with Crippen molar-refractivity contribution in [2.45, 2.75) is 45.6 Å².